The van der Waals surface area contributed by atoms with Crippen molar-refractivity contribution >= 4 is 58.4 Å². The third-order valence-electron chi connectivity index (χ3n) is 17.6. The number of nitrogens with zero attached hydrogens (tertiary/aromatic N) is 11. The van der Waals surface area contributed by atoms with Crippen LogP contribution in [0, 0.1) is 17.1 Å². The molecule has 2 N–H and O–H groups in total. The molecule has 0 saturated carbocycles. The average molecular weight is 1220 g/mol. The van der Waals surface area contributed by atoms with E-state index in [4.69, 9.17) is 53.2 Å². The van der Waals surface area contributed by atoms with Gasteiger partial charge in [-0.3, -0.25) is 29.1 Å². The number of benzene rings is 4. The number of anilines is 2. The van der Waals surface area contributed by atoms with Gasteiger partial charge in [0.2, 0.25) is 5.91 Å². The summed E-state index contributed by atoms with van der Waals surface area (Å²) in [4.78, 5) is 64.4. The fourth-order valence-electron chi connectivity index (χ4n) is 12.5. The summed E-state index contributed by atoms with van der Waals surface area (Å²) in [5.41, 5.74) is 11.4. The van der Waals surface area contributed by atoms with Gasteiger partial charge in [-0.1, -0.05) is 74.3 Å². The minimum Gasteiger partial charge on any atom is -0.493 e. The number of urea groups is 1. The Morgan fingerprint density at radius 3 is 2.23 bits per heavy atom. The number of nitrogen functional groups attached to an aromatic ring is 1. The quantitative estimate of drug-likeness (QED) is 0.0852. The van der Waals surface area contributed by atoms with Crippen LogP contribution in [0.3, 0.4) is 0 Å². The lowest BCUT2D eigenvalue weighted by molar-refractivity contribution is -0.131. The largest absolute Gasteiger partial charge is 0.493 e. The summed E-state index contributed by atoms with van der Waals surface area (Å²) in [6, 6.07) is 29.6. The van der Waals surface area contributed by atoms with Crippen molar-refractivity contribution in [3.63, 3.8) is 0 Å². The Balaban J connectivity index is 0.729. The topological polar surface area (TPSA) is 191 Å². The van der Waals surface area contributed by atoms with Crippen LogP contribution < -0.4 is 15.4 Å². The van der Waals surface area contributed by atoms with Gasteiger partial charge in [0.15, 0.2) is 0 Å². The van der Waals surface area contributed by atoms with Gasteiger partial charge in [-0.2, -0.15) is 10.4 Å². The van der Waals surface area contributed by atoms with Gasteiger partial charge in [0.25, 0.3) is 5.91 Å². The number of hydrogen-bond donors (Lipinski definition) is 1. The van der Waals surface area contributed by atoms with Crippen molar-refractivity contribution in [2.24, 2.45) is 4.99 Å². The average Bonchev–Trinajstić information content (AvgIpc) is 1.56. The molecule has 2 saturated heterocycles. The highest BCUT2D eigenvalue weighted by atomic mass is 35.5. The van der Waals surface area contributed by atoms with Crippen LogP contribution in [0.5, 0.6) is 5.75 Å². The van der Waals surface area contributed by atoms with E-state index < -0.39 is 16.9 Å². The maximum absolute atomic E-state index is 15.6. The highest BCUT2D eigenvalue weighted by Gasteiger charge is 2.60. The Morgan fingerprint density at radius 1 is 0.874 bits per heavy atom. The number of nitrogens with two attached hydrogens (primary N) is 1. The minimum atomic E-state index is -1.05. The number of piperazine rings is 1. The molecule has 10 rings (SSSR count). The molecular weight excluding hydrogens is 1150 g/mol. The van der Waals surface area contributed by atoms with Crippen molar-refractivity contribution in [3.05, 3.63) is 158 Å². The van der Waals surface area contributed by atoms with Gasteiger partial charge in [-0.25, -0.2) is 14.2 Å². The van der Waals surface area contributed by atoms with Crippen molar-refractivity contribution in [1.29, 1.82) is 5.26 Å². The van der Waals surface area contributed by atoms with E-state index in [0.717, 1.165) is 28.7 Å². The lowest BCUT2D eigenvalue weighted by Crippen LogP contribution is -2.60. The molecule has 6 aromatic rings. The molecule has 3 atom stereocenters. The molecule has 2 aromatic heterocycles. The zero-order valence-corrected chi connectivity index (χ0v) is 52.4. The summed E-state index contributed by atoms with van der Waals surface area (Å²) >= 11 is 13.0. The van der Waals surface area contributed by atoms with Crippen LogP contribution in [0.15, 0.2) is 102 Å². The molecule has 0 spiro atoms. The fraction of sp³-hybridized carbons (Fsp3) is 0.439. The summed E-state index contributed by atoms with van der Waals surface area (Å²) in [5.74, 6) is 0.571. The lowest BCUT2D eigenvalue weighted by Gasteiger charge is -2.47. The Bertz CT molecular complexity index is 3600. The molecule has 0 unspecified atom stereocenters. The van der Waals surface area contributed by atoms with Crippen LogP contribution in [-0.4, -0.2) is 156 Å². The normalized spacial score (nSPS) is 19.6. The van der Waals surface area contributed by atoms with E-state index in [0.29, 0.717) is 127 Å². The molecule has 458 valence electrons. The first-order valence-corrected chi connectivity index (χ1v) is 30.6. The molecule has 2 bridgehead atoms. The number of rotatable bonds is 17. The van der Waals surface area contributed by atoms with E-state index >= 15 is 4.79 Å². The number of pyridine rings is 1. The van der Waals surface area contributed by atoms with Gasteiger partial charge in [-0.15, -0.1) is 0 Å². The number of fused-ring (bicyclic) bond motifs is 8. The zero-order chi connectivity index (χ0) is 62.0. The zero-order valence-electron chi connectivity index (χ0n) is 50.9. The summed E-state index contributed by atoms with van der Waals surface area (Å²) in [6.45, 7) is 18.3. The number of carbonyl (C=O) groups is 3. The fourth-order valence-corrected chi connectivity index (χ4v) is 12.7. The van der Waals surface area contributed by atoms with E-state index in [9.17, 15) is 19.2 Å². The van der Waals surface area contributed by atoms with Crippen molar-refractivity contribution in [2.75, 3.05) is 104 Å². The number of nitriles is 1. The molecule has 2 fully saturated rings. The van der Waals surface area contributed by atoms with Gasteiger partial charge < -0.3 is 39.5 Å². The number of halogens is 3. The predicted molar refractivity (Wildman–Crippen MR) is 336 cm³/mol. The van der Waals surface area contributed by atoms with E-state index in [1.807, 2.05) is 77.4 Å². The Hall–Kier alpha value is -7.60. The van der Waals surface area contributed by atoms with Crippen LogP contribution >= 0.6 is 23.2 Å². The third kappa shape index (κ3) is 12.6. The SMILES string of the molecule is CCOc1cc(C(C)(C)C)ccc1C1=N[C@@](C)(c2ccc(Cl)cc2)[C@@](C)(c2ccc(Cl)cc2)N1C(=O)N1CCN(CCOCCOCCC(=O)N(C)CCn2nc3c(c2C#N)-c2cnc(N)c(c2)N2CCC[C@@H]2c2cc(F)ccc2C(=O)N(C)C3)CC1. The van der Waals surface area contributed by atoms with Crippen molar-refractivity contribution in [3.8, 4) is 22.9 Å². The first kappa shape index (κ1) is 62.5. The van der Waals surface area contributed by atoms with Gasteiger partial charge in [0, 0.05) is 92.8 Å². The van der Waals surface area contributed by atoms with Gasteiger partial charge in [0.05, 0.1) is 75.5 Å². The van der Waals surface area contributed by atoms with Gasteiger partial charge >= 0.3 is 6.03 Å². The molecule has 0 radical (unpaired) electrons. The highest BCUT2D eigenvalue weighted by Crippen LogP contribution is 2.54. The third-order valence-corrected chi connectivity index (χ3v) is 18.1. The number of amides is 4. The number of aliphatic imine (C=N–C) groups is 1. The van der Waals surface area contributed by atoms with Crippen LogP contribution in [0.4, 0.5) is 20.7 Å². The van der Waals surface area contributed by atoms with Crippen molar-refractivity contribution < 1.29 is 33.0 Å². The second-order valence-electron chi connectivity index (χ2n) is 24.1. The molecule has 18 nitrogen and oxygen atoms in total. The van der Waals surface area contributed by atoms with E-state index in [-0.39, 0.29) is 73.5 Å². The van der Waals surface area contributed by atoms with E-state index in [1.54, 1.807) is 29.9 Å². The molecule has 6 heterocycles. The minimum absolute atomic E-state index is 0.0529. The number of amidine groups is 1. The smallest absolute Gasteiger partial charge is 0.326 e. The number of aromatic nitrogens is 3. The number of hydrogen-bond acceptors (Lipinski definition) is 13. The van der Waals surface area contributed by atoms with Gasteiger partial charge in [0.1, 0.15) is 46.1 Å². The highest BCUT2D eigenvalue weighted by molar-refractivity contribution is 6.30. The summed E-state index contributed by atoms with van der Waals surface area (Å²) in [6.07, 6.45) is 3.23. The first-order chi connectivity index (χ1) is 41.6. The monoisotopic (exact) mass is 1220 g/mol. The van der Waals surface area contributed by atoms with E-state index in [1.165, 1.54) is 23.1 Å². The Morgan fingerprint density at radius 2 is 1.55 bits per heavy atom. The van der Waals surface area contributed by atoms with Crippen molar-refractivity contribution in [2.45, 2.75) is 96.4 Å². The molecule has 87 heavy (non-hydrogen) atoms. The molecule has 4 aliphatic rings. The van der Waals surface area contributed by atoms with E-state index in [2.05, 4.69) is 67.6 Å². The van der Waals surface area contributed by atoms with Crippen molar-refractivity contribution in [1.82, 2.24) is 39.3 Å². The molecule has 4 aliphatic heterocycles. The second-order valence-corrected chi connectivity index (χ2v) is 25.0. The Labute approximate surface area is 519 Å². The maximum atomic E-state index is 15.6. The van der Waals surface area contributed by atoms with Crippen LogP contribution in [0.1, 0.15) is 116 Å². The lowest BCUT2D eigenvalue weighted by atomic mass is 9.71. The maximum Gasteiger partial charge on any atom is 0.326 e. The van der Waals surface area contributed by atoms with Crippen LogP contribution in [0.25, 0.3) is 11.1 Å². The summed E-state index contributed by atoms with van der Waals surface area (Å²) in [5, 5.41) is 16.7. The molecule has 0 aliphatic carbocycles. The molecule has 4 aromatic carbocycles. The number of ether oxygens (including phenoxy) is 3. The summed E-state index contributed by atoms with van der Waals surface area (Å²) in [7, 11) is 3.36. The van der Waals surface area contributed by atoms with Crippen LogP contribution in [-0.2, 0) is 43.9 Å². The van der Waals surface area contributed by atoms with Gasteiger partial charge in [-0.05, 0) is 122 Å². The second kappa shape index (κ2) is 26.0. The first-order valence-electron chi connectivity index (χ1n) is 29.8. The number of carbonyl (C=O) groups excluding carboxylic acids is 3. The van der Waals surface area contributed by atoms with Crippen LogP contribution in [0.2, 0.25) is 10.0 Å². The molecular formula is C66H77Cl2FN12O6. The molecule has 4 amide bonds. The molecule has 21 heteroatoms. The Kier molecular flexibility index (Phi) is 18.7. The predicted octanol–water partition coefficient (Wildman–Crippen LogP) is 10.7. The standard InChI is InChI=1S/C66H77Cl2FN12O6/c1-9-87-57-38-46(64(2,3)4)16-22-51(57)61-73-65(5,44-12-17-47(67)18-13-44)66(6,45-14-19-48(68)20-15-45)81(61)63(84)78-29-27-77(28-30-78)32-34-86-36-35-85-33-24-58(82)75(7)26-31-80-56(40-70)59-43-37-55(60(71)72-41-43)79-25-10-11-54(79)52-39-49(69)21-23-50(52)62(83)76(8)42-53(59)74-80/h12-23,37-39,41,54H,9-11,24-36,42H2,1-8H3,(H2,71,72)/t54-,65+,66-/m1/s1. The number of likely N-dealkylation sites (N-methyl/N-ethyl adjacent to an activating group) is 1. The summed E-state index contributed by atoms with van der Waals surface area (Å²) < 4.78 is 34.6.